The molecule has 20 heavy (non-hydrogen) atoms. The number of hydrogen-bond donors (Lipinski definition) is 1. The van der Waals surface area contributed by atoms with Crippen LogP contribution in [0, 0.1) is 5.41 Å². The molecule has 1 aromatic rings. The first kappa shape index (κ1) is 15.4. The summed E-state index contributed by atoms with van der Waals surface area (Å²) in [4.78, 5) is -0.237. The van der Waals surface area contributed by atoms with Crippen LogP contribution in [0.2, 0.25) is 0 Å². The van der Waals surface area contributed by atoms with Gasteiger partial charge in [-0.2, -0.15) is 4.31 Å². The van der Waals surface area contributed by atoms with Crippen molar-refractivity contribution in [3.05, 3.63) is 24.3 Å². The molecule has 1 saturated heterocycles. The maximum absolute atomic E-state index is 12.5. The van der Waals surface area contributed by atoms with Crippen molar-refractivity contribution in [3.8, 4) is 0 Å². The van der Waals surface area contributed by atoms with Gasteiger partial charge in [0.25, 0.3) is 0 Å². The van der Waals surface area contributed by atoms with Crippen molar-refractivity contribution in [2.75, 3.05) is 13.1 Å². The van der Waals surface area contributed by atoms with Gasteiger partial charge in [0.15, 0.2) is 0 Å². The standard InChI is InChI=1S/C12H18N2O4S2/c1-12(2)6-7-14(9-12)20(17,18)11-5-3-4-10(8-11)19(13,15)16/h3-5,8H,6-7,9H2,1-2H3,(H2,13,15,16). The number of rotatable bonds is 3. The molecule has 1 aliphatic rings. The van der Waals surface area contributed by atoms with Gasteiger partial charge in [0.2, 0.25) is 20.0 Å². The van der Waals surface area contributed by atoms with Gasteiger partial charge in [0.05, 0.1) is 9.79 Å². The Morgan fingerprint density at radius 1 is 1.15 bits per heavy atom. The van der Waals surface area contributed by atoms with E-state index in [-0.39, 0.29) is 15.2 Å². The molecule has 0 radical (unpaired) electrons. The first-order valence-electron chi connectivity index (χ1n) is 6.15. The van der Waals surface area contributed by atoms with Gasteiger partial charge in [-0.3, -0.25) is 0 Å². The highest BCUT2D eigenvalue weighted by Gasteiger charge is 2.37. The summed E-state index contributed by atoms with van der Waals surface area (Å²) >= 11 is 0. The molecular weight excluding hydrogens is 300 g/mol. The maximum atomic E-state index is 12.5. The molecular formula is C12H18N2O4S2. The van der Waals surface area contributed by atoms with Gasteiger partial charge >= 0.3 is 0 Å². The van der Waals surface area contributed by atoms with Crippen LogP contribution in [0.4, 0.5) is 0 Å². The Kier molecular flexibility index (Phi) is 3.70. The van der Waals surface area contributed by atoms with Gasteiger partial charge in [0.1, 0.15) is 0 Å². The average Bonchev–Trinajstić information content (AvgIpc) is 2.69. The Morgan fingerprint density at radius 2 is 1.75 bits per heavy atom. The fourth-order valence-corrected chi connectivity index (χ4v) is 4.54. The Hall–Kier alpha value is -0.960. The van der Waals surface area contributed by atoms with E-state index < -0.39 is 20.0 Å². The molecule has 1 aliphatic heterocycles. The van der Waals surface area contributed by atoms with Gasteiger partial charge in [0, 0.05) is 13.1 Å². The third-order valence-corrected chi connectivity index (χ3v) is 6.17. The highest BCUT2D eigenvalue weighted by Crippen LogP contribution is 2.32. The van der Waals surface area contributed by atoms with Crippen LogP contribution in [0.15, 0.2) is 34.1 Å². The second kappa shape index (κ2) is 4.80. The third kappa shape index (κ3) is 3.03. The van der Waals surface area contributed by atoms with Crippen LogP contribution in [-0.4, -0.2) is 34.2 Å². The number of nitrogens with two attached hydrogens (primary N) is 1. The molecule has 0 unspecified atom stereocenters. The molecule has 0 aliphatic carbocycles. The van der Waals surface area contributed by atoms with E-state index in [9.17, 15) is 16.8 Å². The highest BCUT2D eigenvalue weighted by atomic mass is 32.2. The number of primary sulfonamides is 1. The summed E-state index contributed by atoms with van der Waals surface area (Å²) < 4.78 is 49.0. The summed E-state index contributed by atoms with van der Waals surface area (Å²) in [6.45, 7) is 4.87. The number of benzene rings is 1. The van der Waals surface area contributed by atoms with Crippen molar-refractivity contribution in [3.63, 3.8) is 0 Å². The number of nitrogens with zero attached hydrogens (tertiary/aromatic N) is 1. The Balaban J connectivity index is 2.41. The lowest BCUT2D eigenvalue weighted by Crippen LogP contribution is -2.30. The van der Waals surface area contributed by atoms with Crippen LogP contribution in [-0.2, 0) is 20.0 Å². The van der Waals surface area contributed by atoms with Crippen LogP contribution >= 0.6 is 0 Å². The summed E-state index contributed by atoms with van der Waals surface area (Å²) in [5.41, 5.74) is -0.0649. The molecule has 0 bridgehead atoms. The maximum Gasteiger partial charge on any atom is 0.243 e. The molecule has 0 atom stereocenters. The van der Waals surface area contributed by atoms with E-state index >= 15 is 0 Å². The first-order valence-corrected chi connectivity index (χ1v) is 9.14. The molecule has 1 heterocycles. The zero-order valence-electron chi connectivity index (χ0n) is 11.4. The SMILES string of the molecule is CC1(C)CCN(S(=O)(=O)c2cccc(S(N)(=O)=O)c2)C1. The minimum atomic E-state index is -3.91. The lowest BCUT2D eigenvalue weighted by atomic mass is 9.93. The predicted octanol–water partition coefficient (Wildman–Crippen LogP) is 0.755. The second-order valence-corrected chi connectivity index (χ2v) is 9.27. The van der Waals surface area contributed by atoms with E-state index in [1.165, 1.54) is 22.5 Å². The van der Waals surface area contributed by atoms with Crippen LogP contribution in [0.25, 0.3) is 0 Å². The van der Waals surface area contributed by atoms with Crippen LogP contribution < -0.4 is 5.14 Å². The largest absolute Gasteiger partial charge is 0.243 e. The summed E-state index contributed by atoms with van der Waals surface area (Å²) in [6.07, 6.45) is 0.779. The van der Waals surface area contributed by atoms with Gasteiger partial charge in [-0.25, -0.2) is 22.0 Å². The van der Waals surface area contributed by atoms with Crippen LogP contribution in [0.5, 0.6) is 0 Å². The van der Waals surface area contributed by atoms with Gasteiger partial charge < -0.3 is 0 Å². The van der Waals surface area contributed by atoms with Crippen molar-refractivity contribution in [2.45, 2.75) is 30.1 Å². The highest BCUT2D eigenvalue weighted by molar-refractivity contribution is 7.90. The van der Waals surface area contributed by atoms with Gasteiger partial charge in [-0.05, 0) is 30.0 Å². The van der Waals surface area contributed by atoms with E-state index in [1.54, 1.807) is 0 Å². The third-order valence-electron chi connectivity index (χ3n) is 3.41. The predicted molar refractivity (Wildman–Crippen MR) is 75.0 cm³/mol. The van der Waals surface area contributed by atoms with E-state index in [0.29, 0.717) is 13.1 Å². The molecule has 8 heteroatoms. The molecule has 1 fully saturated rings. The van der Waals surface area contributed by atoms with Crippen molar-refractivity contribution in [2.24, 2.45) is 10.6 Å². The summed E-state index contributed by atoms with van der Waals surface area (Å²) in [7, 11) is -7.59. The van der Waals surface area contributed by atoms with Crippen molar-refractivity contribution >= 4 is 20.0 Å². The topological polar surface area (TPSA) is 97.5 Å². The Morgan fingerprint density at radius 3 is 2.25 bits per heavy atom. The zero-order valence-corrected chi connectivity index (χ0v) is 13.0. The molecule has 2 N–H and O–H groups in total. The molecule has 0 saturated carbocycles. The van der Waals surface area contributed by atoms with Crippen LogP contribution in [0.1, 0.15) is 20.3 Å². The van der Waals surface area contributed by atoms with Crippen LogP contribution in [0.3, 0.4) is 0 Å². The second-order valence-electron chi connectivity index (χ2n) is 5.77. The van der Waals surface area contributed by atoms with Gasteiger partial charge in [-0.15, -0.1) is 0 Å². The zero-order chi connectivity index (χ0) is 15.2. The van der Waals surface area contributed by atoms with E-state index in [2.05, 4.69) is 0 Å². The first-order chi connectivity index (χ1) is 9.02. The normalized spacial score (nSPS) is 20.1. The lowest BCUT2D eigenvalue weighted by molar-refractivity contribution is 0.375. The quantitative estimate of drug-likeness (QED) is 0.889. The Bertz CT molecular complexity index is 724. The number of sulfonamides is 2. The van der Waals surface area contributed by atoms with Crippen molar-refractivity contribution < 1.29 is 16.8 Å². The summed E-state index contributed by atoms with van der Waals surface area (Å²) in [6, 6.07) is 5.15. The minimum absolute atomic E-state index is 0.0401. The fourth-order valence-electron chi connectivity index (χ4n) is 2.23. The molecule has 1 aromatic carbocycles. The molecule has 0 aromatic heterocycles. The average molecular weight is 318 g/mol. The lowest BCUT2D eigenvalue weighted by Gasteiger charge is -2.19. The fraction of sp³-hybridized carbons (Fsp3) is 0.500. The molecule has 112 valence electrons. The molecule has 0 amide bonds. The molecule has 2 rings (SSSR count). The number of hydrogen-bond acceptors (Lipinski definition) is 4. The minimum Gasteiger partial charge on any atom is -0.225 e. The van der Waals surface area contributed by atoms with Crippen molar-refractivity contribution in [1.82, 2.24) is 4.31 Å². The van der Waals surface area contributed by atoms with E-state index in [1.807, 2.05) is 13.8 Å². The Labute approximate surface area is 119 Å². The molecule has 6 nitrogen and oxygen atoms in total. The van der Waals surface area contributed by atoms with E-state index in [4.69, 9.17) is 5.14 Å². The van der Waals surface area contributed by atoms with Crippen molar-refractivity contribution in [1.29, 1.82) is 0 Å². The summed E-state index contributed by atoms with van der Waals surface area (Å²) in [5, 5.41) is 5.03. The summed E-state index contributed by atoms with van der Waals surface area (Å²) in [5.74, 6) is 0. The monoisotopic (exact) mass is 318 g/mol. The van der Waals surface area contributed by atoms with Gasteiger partial charge in [-0.1, -0.05) is 19.9 Å². The smallest absolute Gasteiger partial charge is 0.225 e. The molecule has 0 spiro atoms. The van der Waals surface area contributed by atoms with E-state index in [0.717, 1.165) is 12.5 Å².